The highest BCUT2D eigenvalue weighted by Crippen LogP contribution is 2.25. The lowest BCUT2D eigenvalue weighted by molar-refractivity contribution is 0.302. The molecule has 1 atom stereocenters. The Morgan fingerprint density at radius 2 is 2.20 bits per heavy atom. The van der Waals surface area contributed by atoms with Crippen LogP contribution in [0, 0.1) is 6.92 Å². The van der Waals surface area contributed by atoms with Crippen LogP contribution in [0.25, 0.3) is 0 Å². The predicted octanol–water partition coefficient (Wildman–Crippen LogP) is 3.63. The zero-order chi connectivity index (χ0) is 18.0. The van der Waals surface area contributed by atoms with Crippen LogP contribution in [0.15, 0.2) is 41.0 Å². The number of furan rings is 1. The van der Waals surface area contributed by atoms with Gasteiger partial charge in [0.25, 0.3) is 0 Å². The molecule has 1 aromatic carbocycles. The first-order chi connectivity index (χ1) is 11.9. The van der Waals surface area contributed by atoms with E-state index < -0.39 is 9.84 Å². The van der Waals surface area contributed by atoms with Crippen LogP contribution in [-0.4, -0.2) is 36.0 Å². The average molecular weight is 399 g/mol. The van der Waals surface area contributed by atoms with Gasteiger partial charge in [0.1, 0.15) is 5.76 Å². The van der Waals surface area contributed by atoms with Crippen LogP contribution in [0.3, 0.4) is 0 Å². The Labute approximate surface area is 157 Å². The van der Waals surface area contributed by atoms with E-state index in [-0.39, 0.29) is 17.5 Å². The number of nitrogens with one attached hydrogen (secondary N) is 1. The summed E-state index contributed by atoms with van der Waals surface area (Å²) in [6, 6.07) is 9.03. The molecule has 1 saturated heterocycles. The minimum absolute atomic E-state index is 0.101. The van der Waals surface area contributed by atoms with Crippen molar-refractivity contribution in [3.63, 3.8) is 0 Å². The van der Waals surface area contributed by atoms with E-state index in [1.165, 1.54) is 0 Å². The molecule has 1 N–H and O–H groups in total. The smallest absolute Gasteiger partial charge is 0.174 e. The van der Waals surface area contributed by atoms with Gasteiger partial charge in [0, 0.05) is 16.8 Å². The molecule has 0 amide bonds. The van der Waals surface area contributed by atoms with Crippen LogP contribution >= 0.6 is 23.8 Å². The number of hydrogen-bond donors (Lipinski definition) is 1. The molecular formula is C17H19ClN2O3S2. The highest BCUT2D eigenvalue weighted by atomic mass is 35.5. The van der Waals surface area contributed by atoms with Gasteiger partial charge in [0.15, 0.2) is 14.9 Å². The molecule has 0 radical (unpaired) electrons. The molecule has 1 fully saturated rings. The Balaban J connectivity index is 1.83. The minimum atomic E-state index is -3.02. The third-order valence-electron chi connectivity index (χ3n) is 4.33. The zero-order valence-corrected chi connectivity index (χ0v) is 16.1. The van der Waals surface area contributed by atoms with Crippen molar-refractivity contribution in [3.8, 4) is 0 Å². The lowest BCUT2D eigenvalue weighted by Crippen LogP contribution is -2.43. The number of sulfone groups is 1. The number of benzene rings is 1. The lowest BCUT2D eigenvalue weighted by atomic mass is 10.2. The summed E-state index contributed by atoms with van der Waals surface area (Å²) in [5.41, 5.74) is 1.70. The summed E-state index contributed by atoms with van der Waals surface area (Å²) in [5, 5.41) is 4.31. The van der Waals surface area contributed by atoms with E-state index in [2.05, 4.69) is 5.32 Å². The number of rotatable bonds is 4. The molecule has 134 valence electrons. The van der Waals surface area contributed by atoms with Crippen LogP contribution in [0.2, 0.25) is 5.02 Å². The maximum absolute atomic E-state index is 11.9. The summed E-state index contributed by atoms with van der Waals surface area (Å²) < 4.78 is 29.2. The van der Waals surface area contributed by atoms with Gasteiger partial charge < -0.3 is 14.6 Å². The van der Waals surface area contributed by atoms with Crippen LogP contribution in [0.4, 0.5) is 5.69 Å². The van der Waals surface area contributed by atoms with Gasteiger partial charge in [-0.1, -0.05) is 17.7 Å². The van der Waals surface area contributed by atoms with Gasteiger partial charge >= 0.3 is 0 Å². The molecule has 1 aromatic heterocycles. The predicted molar refractivity (Wildman–Crippen MR) is 104 cm³/mol. The number of thiocarbonyl (C=S) groups is 1. The maximum atomic E-state index is 11.9. The first kappa shape index (κ1) is 18.2. The van der Waals surface area contributed by atoms with E-state index in [0.29, 0.717) is 23.1 Å². The van der Waals surface area contributed by atoms with Crippen molar-refractivity contribution in [2.75, 3.05) is 16.8 Å². The number of nitrogens with zero attached hydrogens (tertiary/aromatic N) is 1. The molecule has 0 unspecified atom stereocenters. The van der Waals surface area contributed by atoms with Gasteiger partial charge in [0.2, 0.25) is 0 Å². The van der Waals surface area contributed by atoms with Crippen molar-refractivity contribution in [3.05, 3.63) is 52.9 Å². The summed E-state index contributed by atoms with van der Waals surface area (Å²) in [7, 11) is -3.02. The van der Waals surface area contributed by atoms with Crippen molar-refractivity contribution in [2.45, 2.75) is 25.9 Å². The fourth-order valence-corrected chi connectivity index (χ4v) is 5.12. The third-order valence-corrected chi connectivity index (χ3v) is 6.82. The second-order valence-corrected chi connectivity index (χ2v) is 9.13. The molecule has 2 aromatic rings. The van der Waals surface area contributed by atoms with Gasteiger partial charge in [-0.15, -0.1) is 0 Å². The van der Waals surface area contributed by atoms with E-state index in [1.807, 2.05) is 36.1 Å². The first-order valence-electron chi connectivity index (χ1n) is 7.91. The van der Waals surface area contributed by atoms with Crippen LogP contribution in [0.1, 0.15) is 17.7 Å². The minimum Gasteiger partial charge on any atom is -0.467 e. The lowest BCUT2D eigenvalue weighted by Gasteiger charge is -2.30. The molecule has 0 spiro atoms. The number of halogens is 1. The molecule has 1 aliphatic heterocycles. The fraction of sp³-hybridized carbons (Fsp3) is 0.353. The highest BCUT2D eigenvalue weighted by molar-refractivity contribution is 7.91. The Morgan fingerprint density at radius 3 is 2.84 bits per heavy atom. The van der Waals surface area contributed by atoms with Crippen LogP contribution in [0.5, 0.6) is 0 Å². The molecule has 1 aliphatic rings. The molecular weight excluding hydrogens is 380 g/mol. The monoisotopic (exact) mass is 398 g/mol. The third kappa shape index (κ3) is 4.34. The average Bonchev–Trinajstić information content (AvgIpc) is 3.18. The van der Waals surface area contributed by atoms with E-state index >= 15 is 0 Å². The molecule has 2 heterocycles. The standard InChI is InChI=1S/C17H19ClN2O3S2/c1-12-15(18)5-2-6-16(12)19-17(24)20(10-14-4-3-8-23-14)13-7-9-25(21,22)11-13/h2-6,8,13H,7,9-11H2,1H3,(H,19,24)/t13-/m1/s1. The van der Waals surface area contributed by atoms with Crippen LogP contribution in [-0.2, 0) is 16.4 Å². The topological polar surface area (TPSA) is 62.6 Å². The molecule has 0 aliphatic carbocycles. The van der Waals surface area contributed by atoms with E-state index in [4.69, 9.17) is 28.2 Å². The molecule has 3 rings (SSSR count). The summed E-state index contributed by atoms with van der Waals surface area (Å²) in [5.74, 6) is 1.02. The first-order valence-corrected chi connectivity index (χ1v) is 10.5. The largest absolute Gasteiger partial charge is 0.467 e. The van der Waals surface area contributed by atoms with Crippen molar-refractivity contribution >= 4 is 44.5 Å². The van der Waals surface area contributed by atoms with Crippen molar-refractivity contribution in [2.24, 2.45) is 0 Å². The summed E-state index contributed by atoms with van der Waals surface area (Å²) in [4.78, 5) is 1.89. The Morgan fingerprint density at radius 1 is 1.40 bits per heavy atom. The Kier molecular flexibility index (Phi) is 5.36. The SMILES string of the molecule is Cc1c(Cl)cccc1NC(=S)N(Cc1ccco1)[C@@H]1CCS(=O)(=O)C1. The Bertz CT molecular complexity index is 866. The quantitative estimate of drug-likeness (QED) is 0.793. The van der Waals surface area contributed by atoms with Gasteiger partial charge in [-0.05, 0) is 55.4 Å². The van der Waals surface area contributed by atoms with Gasteiger partial charge in [0.05, 0.1) is 24.3 Å². The van der Waals surface area contributed by atoms with Crippen LogP contribution < -0.4 is 5.32 Å². The number of hydrogen-bond acceptors (Lipinski definition) is 4. The molecule has 8 heteroatoms. The van der Waals surface area contributed by atoms with Gasteiger partial charge in [-0.3, -0.25) is 0 Å². The summed E-state index contributed by atoms with van der Waals surface area (Å²) in [6.45, 7) is 2.32. The van der Waals surface area contributed by atoms with Gasteiger partial charge in [-0.25, -0.2) is 8.42 Å². The zero-order valence-electron chi connectivity index (χ0n) is 13.7. The van der Waals surface area contributed by atoms with Crippen molar-refractivity contribution in [1.82, 2.24) is 4.90 Å². The number of anilines is 1. The molecule has 25 heavy (non-hydrogen) atoms. The maximum Gasteiger partial charge on any atom is 0.174 e. The van der Waals surface area contributed by atoms with Crippen molar-refractivity contribution < 1.29 is 12.8 Å². The fourth-order valence-electron chi connectivity index (χ4n) is 2.89. The molecule has 5 nitrogen and oxygen atoms in total. The molecule has 0 bridgehead atoms. The van der Waals surface area contributed by atoms with Gasteiger partial charge in [-0.2, -0.15) is 0 Å². The molecule has 0 saturated carbocycles. The summed E-state index contributed by atoms with van der Waals surface area (Å²) in [6.07, 6.45) is 2.15. The van der Waals surface area contributed by atoms with E-state index in [1.54, 1.807) is 12.3 Å². The Hall–Kier alpha value is -1.57. The highest BCUT2D eigenvalue weighted by Gasteiger charge is 2.34. The van der Waals surface area contributed by atoms with E-state index in [0.717, 1.165) is 17.0 Å². The van der Waals surface area contributed by atoms with Crippen molar-refractivity contribution in [1.29, 1.82) is 0 Å². The normalized spacial score (nSPS) is 18.9. The second-order valence-electron chi connectivity index (χ2n) is 6.11. The second kappa shape index (κ2) is 7.35. The summed E-state index contributed by atoms with van der Waals surface area (Å²) >= 11 is 11.7. The van der Waals surface area contributed by atoms with E-state index in [9.17, 15) is 8.42 Å².